The standard InChI is InChI=1S/C11H19NO2S/c1-4-10-5-6-11(15-10)9(2)12-14-8-7-13-3/h5-6,9,12H,4,7-8H2,1-3H3. The van der Waals surface area contributed by atoms with Gasteiger partial charge in [0.1, 0.15) is 0 Å². The van der Waals surface area contributed by atoms with Gasteiger partial charge in [0, 0.05) is 16.9 Å². The fourth-order valence-corrected chi connectivity index (χ4v) is 2.13. The molecule has 0 aromatic carbocycles. The van der Waals surface area contributed by atoms with Crippen molar-refractivity contribution in [2.24, 2.45) is 0 Å². The molecule has 0 radical (unpaired) electrons. The quantitative estimate of drug-likeness (QED) is 0.576. The van der Waals surface area contributed by atoms with Crippen LogP contribution >= 0.6 is 11.3 Å². The van der Waals surface area contributed by atoms with Crippen LogP contribution in [0.25, 0.3) is 0 Å². The van der Waals surface area contributed by atoms with Gasteiger partial charge in [0.15, 0.2) is 0 Å². The minimum atomic E-state index is 0.243. The SMILES string of the molecule is CCc1ccc(C(C)NOCCOC)s1. The summed E-state index contributed by atoms with van der Waals surface area (Å²) in [6, 6.07) is 4.57. The molecule has 0 saturated carbocycles. The summed E-state index contributed by atoms with van der Waals surface area (Å²) in [7, 11) is 1.67. The number of hydrogen-bond acceptors (Lipinski definition) is 4. The number of thiophene rings is 1. The molecular weight excluding hydrogens is 210 g/mol. The van der Waals surface area contributed by atoms with Crippen molar-refractivity contribution in [2.75, 3.05) is 20.3 Å². The summed E-state index contributed by atoms with van der Waals surface area (Å²) in [5.74, 6) is 0. The first-order valence-corrected chi connectivity index (χ1v) is 6.04. The van der Waals surface area contributed by atoms with Crippen molar-refractivity contribution < 1.29 is 9.57 Å². The van der Waals surface area contributed by atoms with E-state index in [2.05, 4.69) is 31.5 Å². The normalized spacial score (nSPS) is 13.0. The van der Waals surface area contributed by atoms with Crippen LogP contribution in [0.2, 0.25) is 0 Å². The minimum Gasteiger partial charge on any atom is -0.382 e. The van der Waals surface area contributed by atoms with Crippen molar-refractivity contribution in [3.63, 3.8) is 0 Å². The molecule has 15 heavy (non-hydrogen) atoms. The Bertz CT molecular complexity index is 275. The average molecular weight is 229 g/mol. The Balaban J connectivity index is 2.29. The molecule has 1 unspecified atom stereocenters. The number of aryl methyl sites for hydroxylation is 1. The van der Waals surface area contributed by atoms with Gasteiger partial charge in [0.2, 0.25) is 0 Å². The third-order valence-corrected chi connectivity index (χ3v) is 3.52. The van der Waals surface area contributed by atoms with Crippen LogP contribution in [0.5, 0.6) is 0 Å². The highest BCUT2D eigenvalue weighted by molar-refractivity contribution is 7.12. The highest BCUT2D eigenvalue weighted by Crippen LogP contribution is 2.23. The number of methoxy groups -OCH3 is 1. The van der Waals surface area contributed by atoms with Crippen molar-refractivity contribution >= 4 is 11.3 Å². The molecule has 0 aliphatic rings. The molecule has 0 bridgehead atoms. The first-order chi connectivity index (χ1) is 7.27. The highest BCUT2D eigenvalue weighted by Gasteiger charge is 2.07. The Kier molecular flexibility index (Phi) is 5.86. The fourth-order valence-electron chi connectivity index (χ4n) is 1.18. The van der Waals surface area contributed by atoms with Crippen LogP contribution in [0.15, 0.2) is 12.1 Å². The highest BCUT2D eigenvalue weighted by atomic mass is 32.1. The average Bonchev–Trinajstić information content (AvgIpc) is 2.72. The van der Waals surface area contributed by atoms with Crippen molar-refractivity contribution in [3.8, 4) is 0 Å². The summed E-state index contributed by atoms with van der Waals surface area (Å²) in [4.78, 5) is 7.99. The fraction of sp³-hybridized carbons (Fsp3) is 0.636. The minimum absolute atomic E-state index is 0.243. The monoisotopic (exact) mass is 229 g/mol. The van der Waals surface area contributed by atoms with E-state index < -0.39 is 0 Å². The zero-order chi connectivity index (χ0) is 11.1. The van der Waals surface area contributed by atoms with E-state index in [9.17, 15) is 0 Å². The van der Waals surface area contributed by atoms with Gasteiger partial charge in [-0.3, -0.25) is 4.84 Å². The van der Waals surface area contributed by atoms with E-state index in [0.29, 0.717) is 13.2 Å². The van der Waals surface area contributed by atoms with Gasteiger partial charge in [0.25, 0.3) is 0 Å². The molecule has 86 valence electrons. The second-order valence-electron chi connectivity index (χ2n) is 3.34. The molecule has 0 aliphatic carbocycles. The third-order valence-electron chi connectivity index (χ3n) is 2.11. The molecule has 4 heteroatoms. The molecule has 1 heterocycles. The predicted octanol–water partition coefficient (Wildman–Crippen LogP) is 2.54. The van der Waals surface area contributed by atoms with Crippen LogP contribution in [0.1, 0.15) is 29.6 Å². The van der Waals surface area contributed by atoms with E-state index in [0.717, 1.165) is 6.42 Å². The van der Waals surface area contributed by atoms with Gasteiger partial charge in [-0.05, 0) is 25.5 Å². The lowest BCUT2D eigenvalue weighted by Crippen LogP contribution is -2.20. The van der Waals surface area contributed by atoms with Gasteiger partial charge in [-0.1, -0.05) is 6.92 Å². The zero-order valence-electron chi connectivity index (χ0n) is 9.58. The number of hydroxylamine groups is 1. The number of ether oxygens (including phenoxy) is 1. The Morgan fingerprint density at radius 2 is 2.20 bits per heavy atom. The Labute approximate surface area is 95.4 Å². The topological polar surface area (TPSA) is 30.5 Å². The lowest BCUT2D eigenvalue weighted by atomic mass is 10.3. The van der Waals surface area contributed by atoms with Crippen molar-refractivity contribution in [1.29, 1.82) is 0 Å². The number of nitrogens with one attached hydrogen (secondary N) is 1. The molecule has 1 atom stereocenters. The van der Waals surface area contributed by atoms with Crippen molar-refractivity contribution in [2.45, 2.75) is 26.3 Å². The molecule has 3 nitrogen and oxygen atoms in total. The third kappa shape index (κ3) is 4.30. The van der Waals surface area contributed by atoms with Gasteiger partial charge >= 0.3 is 0 Å². The summed E-state index contributed by atoms with van der Waals surface area (Å²) >= 11 is 1.83. The zero-order valence-corrected chi connectivity index (χ0v) is 10.4. The molecule has 0 aliphatic heterocycles. The molecule has 1 N–H and O–H groups in total. The first kappa shape index (κ1) is 12.6. The smallest absolute Gasteiger partial charge is 0.0916 e. The van der Waals surface area contributed by atoms with Gasteiger partial charge in [-0.2, -0.15) is 5.48 Å². The van der Waals surface area contributed by atoms with Crippen molar-refractivity contribution in [1.82, 2.24) is 5.48 Å². The second kappa shape index (κ2) is 6.95. The van der Waals surface area contributed by atoms with Crippen LogP contribution < -0.4 is 5.48 Å². The molecule has 0 fully saturated rings. The van der Waals surface area contributed by atoms with Gasteiger partial charge in [0.05, 0.1) is 19.3 Å². The summed E-state index contributed by atoms with van der Waals surface area (Å²) in [6.45, 7) is 5.46. The van der Waals surface area contributed by atoms with E-state index in [1.807, 2.05) is 11.3 Å². The Hall–Kier alpha value is -0.420. The lowest BCUT2D eigenvalue weighted by molar-refractivity contribution is -0.00868. The van der Waals surface area contributed by atoms with Crippen LogP contribution in [-0.2, 0) is 16.0 Å². The summed E-state index contributed by atoms with van der Waals surface area (Å²) < 4.78 is 4.89. The summed E-state index contributed by atoms with van der Waals surface area (Å²) in [5.41, 5.74) is 3.00. The van der Waals surface area contributed by atoms with E-state index in [1.54, 1.807) is 7.11 Å². The molecule has 0 amide bonds. The summed E-state index contributed by atoms with van der Waals surface area (Å²) in [5, 5.41) is 0. The largest absolute Gasteiger partial charge is 0.382 e. The maximum Gasteiger partial charge on any atom is 0.0916 e. The molecule has 1 aromatic heterocycles. The van der Waals surface area contributed by atoms with E-state index >= 15 is 0 Å². The molecule has 1 aromatic rings. The Morgan fingerprint density at radius 1 is 1.40 bits per heavy atom. The molecule has 1 rings (SSSR count). The second-order valence-corrected chi connectivity index (χ2v) is 4.54. The van der Waals surface area contributed by atoms with Gasteiger partial charge in [-0.15, -0.1) is 11.3 Å². The van der Waals surface area contributed by atoms with Crippen LogP contribution in [0.3, 0.4) is 0 Å². The Morgan fingerprint density at radius 3 is 2.80 bits per heavy atom. The lowest BCUT2D eigenvalue weighted by Gasteiger charge is -2.11. The van der Waals surface area contributed by atoms with Crippen LogP contribution in [0.4, 0.5) is 0 Å². The maximum absolute atomic E-state index is 5.26. The maximum atomic E-state index is 5.26. The molecular formula is C11H19NO2S. The summed E-state index contributed by atoms with van der Waals surface area (Å²) in [6.07, 6.45) is 1.10. The molecule has 0 saturated heterocycles. The van der Waals surface area contributed by atoms with Crippen molar-refractivity contribution in [3.05, 3.63) is 21.9 Å². The van der Waals surface area contributed by atoms with Gasteiger partial charge in [-0.25, -0.2) is 0 Å². The van der Waals surface area contributed by atoms with Crippen LogP contribution in [-0.4, -0.2) is 20.3 Å². The predicted molar refractivity (Wildman–Crippen MR) is 63.1 cm³/mol. The van der Waals surface area contributed by atoms with E-state index in [-0.39, 0.29) is 6.04 Å². The number of rotatable bonds is 7. The van der Waals surface area contributed by atoms with E-state index in [4.69, 9.17) is 9.57 Å². The number of hydrogen-bond donors (Lipinski definition) is 1. The van der Waals surface area contributed by atoms with Gasteiger partial charge < -0.3 is 4.74 Å². The van der Waals surface area contributed by atoms with E-state index in [1.165, 1.54) is 9.75 Å². The first-order valence-electron chi connectivity index (χ1n) is 5.22. The molecule has 0 spiro atoms. The van der Waals surface area contributed by atoms with Crippen LogP contribution in [0, 0.1) is 0 Å².